The van der Waals surface area contributed by atoms with Crippen LogP contribution < -0.4 is 0 Å². The van der Waals surface area contributed by atoms with Gasteiger partial charge in [0.2, 0.25) is 0 Å². The van der Waals surface area contributed by atoms with Crippen LogP contribution >= 0.6 is 0 Å². The van der Waals surface area contributed by atoms with E-state index in [9.17, 15) is 0 Å². The highest BCUT2D eigenvalue weighted by atomic mass is 14.2. The molecule has 0 spiro atoms. The first kappa shape index (κ1) is 14.4. The third-order valence-electron chi connectivity index (χ3n) is 4.29. The van der Waals surface area contributed by atoms with Crippen molar-refractivity contribution in [2.24, 2.45) is 0 Å². The Bertz CT molecular complexity index is 425. The number of unbranched alkanes of at least 4 members (excludes halogenated alkanes) is 4. The molecule has 1 aliphatic rings. The van der Waals surface area contributed by atoms with Crippen LogP contribution in [0.2, 0.25) is 0 Å². The molecule has 1 aliphatic carbocycles. The maximum atomic E-state index is 2.34. The van der Waals surface area contributed by atoms with Crippen LogP contribution in [0.1, 0.15) is 76.3 Å². The predicted molar refractivity (Wildman–Crippen MR) is 85.4 cm³/mol. The molecule has 0 amide bonds. The van der Waals surface area contributed by atoms with Crippen molar-refractivity contribution in [3.05, 3.63) is 41.0 Å². The van der Waals surface area contributed by atoms with Gasteiger partial charge in [-0.05, 0) is 48.8 Å². The highest BCUT2D eigenvalue weighted by Crippen LogP contribution is 2.38. The number of rotatable bonds is 8. The molecule has 104 valence electrons. The minimum atomic E-state index is 1.22. The third kappa shape index (κ3) is 3.72. The van der Waals surface area contributed by atoms with E-state index >= 15 is 0 Å². The first-order chi connectivity index (χ1) is 9.36. The van der Waals surface area contributed by atoms with Gasteiger partial charge in [-0.25, -0.2) is 0 Å². The highest BCUT2D eigenvalue weighted by Gasteiger charge is 2.19. The third-order valence-corrected chi connectivity index (χ3v) is 4.29. The SMILES string of the molecule is CCCCCC1=C(CCCCC)c2ccccc2C1. The molecule has 0 aliphatic heterocycles. The quantitative estimate of drug-likeness (QED) is 0.489. The number of hydrogen-bond acceptors (Lipinski definition) is 0. The lowest BCUT2D eigenvalue weighted by Gasteiger charge is -2.08. The standard InChI is InChI=1S/C19H28/c1-3-5-7-11-16-15-17-12-9-10-14-19(17)18(16)13-8-6-4-2/h9-10,12,14H,3-8,11,13,15H2,1-2H3. The molecule has 0 bridgehead atoms. The second-order valence-electron chi connectivity index (χ2n) is 5.83. The maximum absolute atomic E-state index is 2.34. The van der Waals surface area contributed by atoms with E-state index in [4.69, 9.17) is 0 Å². The van der Waals surface area contributed by atoms with Gasteiger partial charge in [-0.15, -0.1) is 0 Å². The van der Waals surface area contributed by atoms with Crippen molar-refractivity contribution >= 4 is 5.57 Å². The summed E-state index contributed by atoms with van der Waals surface area (Å²) in [5.41, 5.74) is 6.57. The fourth-order valence-corrected chi connectivity index (χ4v) is 3.19. The molecule has 0 saturated heterocycles. The van der Waals surface area contributed by atoms with Crippen molar-refractivity contribution in [2.75, 3.05) is 0 Å². The number of hydrogen-bond donors (Lipinski definition) is 0. The monoisotopic (exact) mass is 256 g/mol. The lowest BCUT2D eigenvalue weighted by Crippen LogP contribution is -1.88. The molecule has 2 rings (SSSR count). The Morgan fingerprint density at radius 2 is 1.53 bits per heavy atom. The molecule has 0 heteroatoms. The van der Waals surface area contributed by atoms with Gasteiger partial charge >= 0.3 is 0 Å². The van der Waals surface area contributed by atoms with Crippen LogP contribution in [0.5, 0.6) is 0 Å². The van der Waals surface area contributed by atoms with Crippen LogP contribution in [-0.4, -0.2) is 0 Å². The average molecular weight is 256 g/mol. The zero-order valence-corrected chi connectivity index (χ0v) is 12.7. The molecular weight excluding hydrogens is 228 g/mol. The van der Waals surface area contributed by atoms with E-state index in [2.05, 4.69) is 38.1 Å². The zero-order chi connectivity index (χ0) is 13.5. The second kappa shape index (κ2) is 7.53. The topological polar surface area (TPSA) is 0 Å². The molecule has 0 fully saturated rings. The summed E-state index contributed by atoms with van der Waals surface area (Å²) in [6.07, 6.45) is 12.0. The summed E-state index contributed by atoms with van der Waals surface area (Å²) in [5.74, 6) is 0. The van der Waals surface area contributed by atoms with Crippen LogP contribution in [0.3, 0.4) is 0 Å². The van der Waals surface area contributed by atoms with E-state index in [0.717, 1.165) is 0 Å². The van der Waals surface area contributed by atoms with Crippen LogP contribution in [0.25, 0.3) is 5.57 Å². The Morgan fingerprint density at radius 3 is 2.26 bits per heavy atom. The molecule has 0 nitrogen and oxygen atoms in total. The summed E-state index contributed by atoms with van der Waals surface area (Å²) >= 11 is 0. The van der Waals surface area contributed by atoms with Crippen molar-refractivity contribution in [1.82, 2.24) is 0 Å². The van der Waals surface area contributed by atoms with Gasteiger partial charge in [0, 0.05) is 0 Å². The van der Waals surface area contributed by atoms with Crippen LogP contribution in [-0.2, 0) is 6.42 Å². The normalized spacial score (nSPS) is 14.0. The molecule has 1 aromatic rings. The number of benzene rings is 1. The molecule has 0 N–H and O–H groups in total. The molecule has 0 saturated carbocycles. The largest absolute Gasteiger partial charge is 0.0654 e. The van der Waals surface area contributed by atoms with Gasteiger partial charge in [0.15, 0.2) is 0 Å². The Kier molecular flexibility index (Phi) is 5.69. The summed E-state index contributed by atoms with van der Waals surface area (Å²) in [6, 6.07) is 9.05. The molecule has 19 heavy (non-hydrogen) atoms. The van der Waals surface area contributed by atoms with Crippen molar-refractivity contribution in [3.63, 3.8) is 0 Å². The van der Waals surface area contributed by atoms with Gasteiger partial charge in [-0.2, -0.15) is 0 Å². The van der Waals surface area contributed by atoms with E-state index in [-0.39, 0.29) is 0 Å². The van der Waals surface area contributed by atoms with Crippen molar-refractivity contribution in [2.45, 2.75) is 71.6 Å². The summed E-state index contributed by atoms with van der Waals surface area (Å²) in [7, 11) is 0. The number of fused-ring (bicyclic) bond motifs is 1. The van der Waals surface area contributed by atoms with Gasteiger partial charge in [-0.1, -0.05) is 69.4 Å². The lowest BCUT2D eigenvalue weighted by molar-refractivity contribution is 0.702. The molecule has 0 heterocycles. The van der Waals surface area contributed by atoms with E-state index in [1.54, 1.807) is 22.3 Å². The zero-order valence-electron chi connectivity index (χ0n) is 12.7. The van der Waals surface area contributed by atoms with Gasteiger partial charge in [0.1, 0.15) is 0 Å². The van der Waals surface area contributed by atoms with Crippen molar-refractivity contribution in [3.8, 4) is 0 Å². The predicted octanol–water partition coefficient (Wildman–Crippen LogP) is 6.16. The molecule has 1 aromatic carbocycles. The first-order valence-electron chi connectivity index (χ1n) is 8.16. The van der Waals surface area contributed by atoms with E-state index < -0.39 is 0 Å². The average Bonchev–Trinajstić information content (AvgIpc) is 2.78. The number of allylic oxidation sites excluding steroid dienone is 2. The second-order valence-corrected chi connectivity index (χ2v) is 5.83. The lowest BCUT2D eigenvalue weighted by atomic mass is 9.97. The summed E-state index contributed by atoms with van der Waals surface area (Å²) < 4.78 is 0. The molecular formula is C19H28. The Labute approximate surface area is 118 Å². The fourth-order valence-electron chi connectivity index (χ4n) is 3.19. The minimum absolute atomic E-state index is 1.22. The minimum Gasteiger partial charge on any atom is -0.0654 e. The molecule has 0 unspecified atom stereocenters. The van der Waals surface area contributed by atoms with Gasteiger partial charge in [0.25, 0.3) is 0 Å². The molecule has 0 aromatic heterocycles. The summed E-state index contributed by atoms with van der Waals surface area (Å²) in [5, 5.41) is 0. The molecule has 0 atom stereocenters. The van der Waals surface area contributed by atoms with Crippen LogP contribution in [0, 0.1) is 0 Å². The fraction of sp³-hybridized carbons (Fsp3) is 0.579. The Balaban J connectivity index is 2.08. The van der Waals surface area contributed by atoms with Crippen molar-refractivity contribution < 1.29 is 0 Å². The van der Waals surface area contributed by atoms with E-state index in [1.165, 1.54) is 57.8 Å². The Hall–Kier alpha value is -1.04. The Morgan fingerprint density at radius 1 is 0.842 bits per heavy atom. The van der Waals surface area contributed by atoms with Crippen molar-refractivity contribution in [1.29, 1.82) is 0 Å². The van der Waals surface area contributed by atoms with Gasteiger partial charge < -0.3 is 0 Å². The highest BCUT2D eigenvalue weighted by molar-refractivity contribution is 5.76. The first-order valence-corrected chi connectivity index (χ1v) is 8.16. The summed E-state index contributed by atoms with van der Waals surface area (Å²) in [6.45, 7) is 4.58. The van der Waals surface area contributed by atoms with Crippen LogP contribution in [0.15, 0.2) is 29.8 Å². The smallest absolute Gasteiger partial charge is 0.00550 e. The van der Waals surface area contributed by atoms with Gasteiger partial charge in [0.05, 0.1) is 0 Å². The molecule has 0 radical (unpaired) electrons. The van der Waals surface area contributed by atoms with Gasteiger partial charge in [-0.3, -0.25) is 0 Å². The maximum Gasteiger partial charge on any atom is -0.00550 e. The summed E-state index contributed by atoms with van der Waals surface area (Å²) in [4.78, 5) is 0. The van der Waals surface area contributed by atoms with E-state index in [1.807, 2.05) is 0 Å². The van der Waals surface area contributed by atoms with Crippen LogP contribution in [0.4, 0.5) is 0 Å². The van der Waals surface area contributed by atoms with E-state index in [0.29, 0.717) is 0 Å².